The normalized spacial score (nSPS) is 11.3. The molecule has 1 amide bonds. The van der Waals surface area contributed by atoms with Crippen LogP contribution in [-0.4, -0.2) is 26.6 Å². The highest BCUT2D eigenvalue weighted by Gasteiger charge is 2.15. The van der Waals surface area contributed by atoms with E-state index < -0.39 is 0 Å². The number of halogens is 1. The number of hydrogen-bond donors (Lipinski definition) is 1. The van der Waals surface area contributed by atoms with Crippen molar-refractivity contribution in [3.8, 4) is 0 Å². The fourth-order valence-corrected chi connectivity index (χ4v) is 3.17. The van der Waals surface area contributed by atoms with Crippen molar-refractivity contribution < 1.29 is 13.6 Å². The third kappa shape index (κ3) is 3.21. The SMILES string of the molecule is Cc1nn(CC(=O)NCCc2cccc(F)c2)c(=O)c2cc3occc3n12. The lowest BCUT2D eigenvalue weighted by molar-refractivity contribution is -0.121. The van der Waals surface area contributed by atoms with Crippen molar-refractivity contribution in [3.05, 3.63) is 70.2 Å². The minimum Gasteiger partial charge on any atom is -0.463 e. The minimum atomic E-state index is -0.368. The van der Waals surface area contributed by atoms with E-state index >= 15 is 0 Å². The van der Waals surface area contributed by atoms with E-state index in [-0.39, 0.29) is 23.8 Å². The second kappa shape index (κ2) is 6.71. The first-order valence-electron chi connectivity index (χ1n) is 8.50. The molecule has 0 saturated carbocycles. The molecule has 0 unspecified atom stereocenters. The van der Waals surface area contributed by atoms with Crippen LogP contribution >= 0.6 is 0 Å². The molecular formula is C19H17FN4O3. The molecule has 0 aliphatic carbocycles. The largest absolute Gasteiger partial charge is 0.463 e. The van der Waals surface area contributed by atoms with Crippen LogP contribution in [0.25, 0.3) is 16.6 Å². The Bertz CT molecular complexity index is 1200. The summed E-state index contributed by atoms with van der Waals surface area (Å²) in [6.45, 7) is 1.92. The molecule has 0 atom stereocenters. The number of nitrogens with one attached hydrogen (secondary N) is 1. The highest BCUT2D eigenvalue weighted by Crippen LogP contribution is 2.19. The number of aryl methyl sites for hydroxylation is 1. The Morgan fingerprint density at radius 3 is 2.93 bits per heavy atom. The summed E-state index contributed by atoms with van der Waals surface area (Å²) in [6, 6.07) is 9.63. The third-order valence-electron chi connectivity index (χ3n) is 4.38. The van der Waals surface area contributed by atoms with E-state index in [1.165, 1.54) is 12.1 Å². The summed E-state index contributed by atoms with van der Waals surface area (Å²) in [5.41, 5.74) is 2.18. The van der Waals surface area contributed by atoms with Gasteiger partial charge in [0.15, 0.2) is 5.58 Å². The van der Waals surface area contributed by atoms with Crippen LogP contribution in [0.4, 0.5) is 4.39 Å². The molecule has 3 aromatic heterocycles. The molecule has 8 heteroatoms. The van der Waals surface area contributed by atoms with E-state index in [9.17, 15) is 14.0 Å². The van der Waals surface area contributed by atoms with Gasteiger partial charge in [-0.15, -0.1) is 0 Å². The lowest BCUT2D eigenvalue weighted by Gasteiger charge is -2.09. The van der Waals surface area contributed by atoms with Crippen LogP contribution in [0.5, 0.6) is 0 Å². The van der Waals surface area contributed by atoms with Crippen molar-refractivity contribution in [1.82, 2.24) is 19.5 Å². The Labute approximate surface area is 153 Å². The maximum atomic E-state index is 13.2. The number of amides is 1. The van der Waals surface area contributed by atoms with Crippen LogP contribution < -0.4 is 10.9 Å². The van der Waals surface area contributed by atoms with E-state index in [0.29, 0.717) is 29.9 Å². The average Bonchev–Trinajstić information content (AvgIpc) is 3.20. The second-order valence-corrected chi connectivity index (χ2v) is 6.27. The lowest BCUT2D eigenvalue weighted by Crippen LogP contribution is -2.35. The zero-order chi connectivity index (χ0) is 19.0. The number of fused-ring (bicyclic) bond motifs is 3. The van der Waals surface area contributed by atoms with Crippen molar-refractivity contribution in [2.75, 3.05) is 6.54 Å². The summed E-state index contributed by atoms with van der Waals surface area (Å²) < 4.78 is 21.3. The molecule has 4 rings (SSSR count). The van der Waals surface area contributed by atoms with Gasteiger partial charge in [-0.1, -0.05) is 12.1 Å². The fourth-order valence-electron chi connectivity index (χ4n) is 3.17. The first kappa shape index (κ1) is 17.0. The number of hydrogen-bond acceptors (Lipinski definition) is 4. The zero-order valence-corrected chi connectivity index (χ0v) is 14.6. The van der Waals surface area contributed by atoms with Gasteiger partial charge in [-0.3, -0.25) is 14.0 Å². The van der Waals surface area contributed by atoms with Gasteiger partial charge < -0.3 is 9.73 Å². The number of carbonyl (C=O) groups excluding carboxylic acids is 1. The second-order valence-electron chi connectivity index (χ2n) is 6.27. The predicted molar refractivity (Wildman–Crippen MR) is 97.1 cm³/mol. The standard InChI is InChI=1S/C19H17FN4O3/c1-12-22-23(19(26)16-10-17-15(24(12)16)6-8-27-17)11-18(25)21-7-5-13-3-2-4-14(20)9-13/h2-4,6,8-10H,5,7,11H2,1H3,(H,21,25). The monoisotopic (exact) mass is 368 g/mol. The molecule has 0 saturated heterocycles. The molecule has 4 aromatic rings. The van der Waals surface area contributed by atoms with Gasteiger partial charge in [-0.2, -0.15) is 5.10 Å². The van der Waals surface area contributed by atoms with Crippen LogP contribution in [-0.2, 0) is 17.8 Å². The zero-order valence-electron chi connectivity index (χ0n) is 14.6. The van der Waals surface area contributed by atoms with Crippen LogP contribution in [0.15, 0.2) is 51.9 Å². The molecule has 138 valence electrons. The summed E-state index contributed by atoms with van der Waals surface area (Å²) in [5, 5.41) is 6.96. The van der Waals surface area contributed by atoms with E-state index in [1.807, 2.05) is 0 Å². The minimum absolute atomic E-state index is 0.189. The lowest BCUT2D eigenvalue weighted by atomic mass is 10.1. The summed E-state index contributed by atoms with van der Waals surface area (Å²) in [4.78, 5) is 24.8. The Morgan fingerprint density at radius 1 is 1.26 bits per heavy atom. The van der Waals surface area contributed by atoms with Crippen LogP contribution in [0.3, 0.4) is 0 Å². The first-order valence-corrected chi connectivity index (χ1v) is 8.50. The highest BCUT2D eigenvalue weighted by molar-refractivity contribution is 5.82. The Morgan fingerprint density at radius 2 is 2.11 bits per heavy atom. The number of furan rings is 1. The van der Waals surface area contributed by atoms with E-state index in [2.05, 4.69) is 10.4 Å². The number of benzene rings is 1. The quantitative estimate of drug-likeness (QED) is 0.585. The summed E-state index contributed by atoms with van der Waals surface area (Å²) in [7, 11) is 0. The predicted octanol–water partition coefficient (Wildman–Crippen LogP) is 2.05. The number of carbonyl (C=O) groups is 1. The highest BCUT2D eigenvalue weighted by atomic mass is 19.1. The molecule has 0 radical (unpaired) electrons. The molecule has 0 aliphatic rings. The van der Waals surface area contributed by atoms with E-state index in [1.54, 1.807) is 41.9 Å². The Hall–Kier alpha value is -3.42. The van der Waals surface area contributed by atoms with Gasteiger partial charge in [0.25, 0.3) is 5.56 Å². The molecule has 3 heterocycles. The maximum absolute atomic E-state index is 13.2. The molecular weight excluding hydrogens is 351 g/mol. The summed E-state index contributed by atoms with van der Waals surface area (Å²) >= 11 is 0. The molecule has 0 aliphatic heterocycles. The van der Waals surface area contributed by atoms with Gasteiger partial charge in [-0.25, -0.2) is 9.07 Å². The van der Waals surface area contributed by atoms with Gasteiger partial charge in [-0.05, 0) is 31.0 Å². The number of nitrogens with zero attached hydrogens (tertiary/aromatic N) is 3. The summed E-state index contributed by atoms with van der Waals surface area (Å²) in [6.07, 6.45) is 2.05. The topological polar surface area (TPSA) is 81.5 Å². The number of rotatable bonds is 5. The van der Waals surface area contributed by atoms with Crippen molar-refractivity contribution in [2.45, 2.75) is 19.9 Å². The molecule has 0 fully saturated rings. The molecule has 7 nitrogen and oxygen atoms in total. The van der Waals surface area contributed by atoms with Crippen LogP contribution in [0.2, 0.25) is 0 Å². The molecule has 27 heavy (non-hydrogen) atoms. The van der Waals surface area contributed by atoms with Gasteiger partial charge in [0.05, 0.1) is 11.8 Å². The van der Waals surface area contributed by atoms with E-state index in [0.717, 1.165) is 15.8 Å². The molecule has 0 bridgehead atoms. The fraction of sp³-hybridized carbons (Fsp3) is 0.211. The Balaban J connectivity index is 1.48. The molecule has 1 N–H and O–H groups in total. The van der Waals surface area contributed by atoms with Crippen LogP contribution in [0.1, 0.15) is 11.4 Å². The molecule has 0 spiro atoms. The maximum Gasteiger partial charge on any atom is 0.291 e. The van der Waals surface area contributed by atoms with Gasteiger partial charge in [0, 0.05) is 18.7 Å². The summed E-state index contributed by atoms with van der Waals surface area (Å²) in [5.74, 6) is -0.0650. The third-order valence-corrected chi connectivity index (χ3v) is 4.38. The van der Waals surface area contributed by atoms with E-state index in [4.69, 9.17) is 4.42 Å². The van der Waals surface area contributed by atoms with Crippen molar-refractivity contribution in [2.24, 2.45) is 0 Å². The number of aromatic nitrogens is 3. The van der Waals surface area contributed by atoms with Gasteiger partial charge in [0.1, 0.15) is 23.7 Å². The van der Waals surface area contributed by atoms with Crippen LogP contribution in [0, 0.1) is 12.7 Å². The smallest absolute Gasteiger partial charge is 0.291 e. The molecule has 1 aromatic carbocycles. The van der Waals surface area contributed by atoms with Crippen molar-refractivity contribution in [1.29, 1.82) is 0 Å². The van der Waals surface area contributed by atoms with Crippen molar-refractivity contribution in [3.63, 3.8) is 0 Å². The van der Waals surface area contributed by atoms with Gasteiger partial charge in [0.2, 0.25) is 5.91 Å². The van der Waals surface area contributed by atoms with Crippen molar-refractivity contribution >= 4 is 22.5 Å². The first-order chi connectivity index (χ1) is 13.0. The Kier molecular flexibility index (Phi) is 4.23. The van der Waals surface area contributed by atoms with Gasteiger partial charge >= 0.3 is 0 Å². The average molecular weight is 368 g/mol.